The topological polar surface area (TPSA) is 122 Å². The standard InChI is InChI=1S/C7H6N2O4.C4H5N/c8-6-2-1-4(9(12)13)3-5(6)7(10)11;1-2-4-5-3-1/h1-3H,8H2,(H,10,11);1-5H. The summed E-state index contributed by atoms with van der Waals surface area (Å²) in [5, 5.41) is 18.8. The van der Waals surface area contributed by atoms with Crippen molar-refractivity contribution in [2.24, 2.45) is 0 Å². The molecule has 0 atom stereocenters. The van der Waals surface area contributed by atoms with Gasteiger partial charge in [-0.1, -0.05) is 0 Å². The van der Waals surface area contributed by atoms with Gasteiger partial charge in [0.2, 0.25) is 0 Å². The van der Waals surface area contributed by atoms with Gasteiger partial charge in [0.15, 0.2) is 0 Å². The monoisotopic (exact) mass is 249 g/mol. The molecule has 0 unspecified atom stereocenters. The molecule has 1 heterocycles. The molecular formula is C11H11N3O4. The highest BCUT2D eigenvalue weighted by Gasteiger charge is 2.13. The largest absolute Gasteiger partial charge is 0.478 e. The van der Waals surface area contributed by atoms with Crippen molar-refractivity contribution in [3.05, 3.63) is 58.4 Å². The number of H-pyrrole nitrogens is 1. The van der Waals surface area contributed by atoms with Crippen LogP contribution in [0.3, 0.4) is 0 Å². The van der Waals surface area contributed by atoms with E-state index in [0.29, 0.717) is 0 Å². The number of nitro groups is 1. The number of carboxylic acid groups (broad SMARTS) is 1. The fraction of sp³-hybridized carbons (Fsp3) is 0. The molecule has 7 nitrogen and oxygen atoms in total. The van der Waals surface area contributed by atoms with E-state index in [9.17, 15) is 14.9 Å². The molecule has 0 aliphatic rings. The zero-order valence-corrected chi connectivity index (χ0v) is 9.24. The van der Waals surface area contributed by atoms with Crippen LogP contribution in [0.4, 0.5) is 11.4 Å². The third-order valence-electron chi connectivity index (χ3n) is 1.97. The van der Waals surface area contributed by atoms with Gasteiger partial charge in [-0.15, -0.1) is 0 Å². The summed E-state index contributed by atoms with van der Waals surface area (Å²) < 4.78 is 0. The second kappa shape index (κ2) is 6.04. The van der Waals surface area contributed by atoms with Crippen LogP contribution < -0.4 is 5.73 Å². The average molecular weight is 249 g/mol. The van der Waals surface area contributed by atoms with Gasteiger partial charge < -0.3 is 15.8 Å². The number of carbonyl (C=O) groups is 1. The predicted molar refractivity (Wildman–Crippen MR) is 65.3 cm³/mol. The minimum absolute atomic E-state index is 0.0121. The van der Waals surface area contributed by atoms with E-state index in [1.807, 2.05) is 24.5 Å². The number of nitro benzene ring substituents is 1. The van der Waals surface area contributed by atoms with Crippen LogP contribution >= 0.6 is 0 Å². The maximum Gasteiger partial charge on any atom is 0.338 e. The number of rotatable bonds is 2. The molecule has 7 heteroatoms. The van der Waals surface area contributed by atoms with Crippen molar-refractivity contribution < 1.29 is 14.8 Å². The number of aromatic nitrogens is 1. The van der Waals surface area contributed by atoms with Crippen molar-refractivity contribution in [3.63, 3.8) is 0 Å². The van der Waals surface area contributed by atoms with Crippen LogP contribution in [-0.4, -0.2) is 21.0 Å². The number of nitrogens with two attached hydrogens (primary N) is 1. The minimum Gasteiger partial charge on any atom is -0.478 e. The van der Waals surface area contributed by atoms with Crippen molar-refractivity contribution in [1.82, 2.24) is 4.98 Å². The Balaban J connectivity index is 0.000000269. The molecule has 1 aromatic heterocycles. The fourth-order valence-corrected chi connectivity index (χ4v) is 1.12. The van der Waals surface area contributed by atoms with Gasteiger partial charge in [-0.05, 0) is 18.2 Å². The second-order valence-electron chi connectivity index (χ2n) is 3.22. The number of nitrogen functional groups attached to an aromatic ring is 1. The summed E-state index contributed by atoms with van der Waals surface area (Å²) in [5.41, 5.74) is 4.76. The van der Waals surface area contributed by atoms with Gasteiger partial charge in [0, 0.05) is 30.2 Å². The van der Waals surface area contributed by atoms with E-state index in [1.165, 1.54) is 6.07 Å². The van der Waals surface area contributed by atoms with Crippen LogP contribution in [0.5, 0.6) is 0 Å². The summed E-state index contributed by atoms with van der Waals surface area (Å²) in [5.74, 6) is -1.28. The Morgan fingerprint density at radius 2 is 1.94 bits per heavy atom. The molecule has 2 rings (SSSR count). The Bertz CT molecular complexity index is 520. The molecule has 2 aromatic rings. The van der Waals surface area contributed by atoms with E-state index in [2.05, 4.69) is 4.98 Å². The summed E-state index contributed by atoms with van der Waals surface area (Å²) in [6, 6.07) is 7.17. The van der Waals surface area contributed by atoms with Gasteiger partial charge in [-0.3, -0.25) is 10.1 Å². The molecule has 0 saturated carbocycles. The molecule has 0 amide bonds. The van der Waals surface area contributed by atoms with Crippen LogP contribution in [0, 0.1) is 10.1 Å². The molecule has 0 radical (unpaired) electrons. The van der Waals surface area contributed by atoms with Crippen LogP contribution in [0.15, 0.2) is 42.7 Å². The number of nitrogens with zero attached hydrogens (tertiary/aromatic N) is 1. The number of carboxylic acids is 1. The van der Waals surface area contributed by atoms with Crippen molar-refractivity contribution in [2.75, 3.05) is 5.73 Å². The third kappa shape index (κ3) is 3.63. The quantitative estimate of drug-likeness (QED) is 0.426. The van der Waals surface area contributed by atoms with Crippen molar-refractivity contribution >= 4 is 17.3 Å². The summed E-state index contributed by atoms with van der Waals surface area (Å²) in [6.07, 6.45) is 3.75. The molecule has 94 valence electrons. The van der Waals surface area contributed by atoms with Gasteiger partial charge in [0.1, 0.15) is 0 Å². The van der Waals surface area contributed by atoms with E-state index < -0.39 is 10.9 Å². The molecule has 0 saturated heterocycles. The second-order valence-corrected chi connectivity index (χ2v) is 3.22. The Morgan fingerprint density at radius 1 is 1.33 bits per heavy atom. The first-order valence-electron chi connectivity index (χ1n) is 4.87. The smallest absolute Gasteiger partial charge is 0.338 e. The Labute approximate surface area is 102 Å². The van der Waals surface area contributed by atoms with Gasteiger partial charge in [-0.2, -0.15) is 0 Å². The lowest BCUT2D eigenvalue weighted by Crippen LogP contribution is -2.03. The number of benzene rings is 1. The maximum atomic E-state index is 10.5. The lowest BCUT2D eigenvalue weighted by Gasteiger charge is -1.98. The highest BCUT2D eigenvalue weighted by atomic mass is 16.6. The van der Waals surface area contributed by atoms with Crippen LogP contribution in [0.25, 0.3) is 0 Å². The highest BCUT2D eigenvalue weighted by molar-refractivity contribution is 5.94. The molecule has 0 fully saturated rings. The zero-order valence-electron chi connectivity index (χ0n) is 9.24. The SMILES string of the molecule is Nc1ccc([N+](=O)[O-])cc1C(=O)O.c1cc[nH]c1. The molecule has 0 spiro atoms. The molecule has 1 aromatic carbocycles. The molecule has 0 bridgehead atoms. The third-order valence-corrected chi connectivity index (χ3v) is 1.97. The predicted octanol–water partition coefficient (Wildman–Crippen LogP) is 1.89. The molecule has 18 heavy (non-hydrogen) atoms. The summed E-state index contributed by atoms with van der Waals surface area (Å²) in [4.78, 5) is 22.9. The van der Waals surface area contributed by atoms with E-state index in [4.69, 9.17) is 10.8 Å². The van der Waals surface area contributed by atoms with E-state index >= 15 is 0 Å². The Morgan fingerprint density at radius 3 is 2.33 bits per heavy atom. The first-order valence-corrected chi connectivity index (χ1v) is 4.87. The zero-order chi connectivity index (χ0) is 13.5. The Hall–Kier alpha value is -2.83. The number of anilines is 1. The number of aromatic amines is 1. The number of hydrogen-bond acceptors (Lipinski definition) is 4. The summed E-state index contributed by atoms with van der Waals surface area (Å²) in [6.45, 7) is 0. The van der Waals surface area contributed by atoms with Gasteiger partial charge in [0.25, 0.3) is 5.69 Å². The van der Waals surface area contributed by atoms with Gasteiger partial charge in [-0.25, -0.2) is 4.79 Å². The van der Waals surface area contributed by atoms with Crippen molar-refractivity contribution in [3.8, 4) is 0 Å². The number of nitrogens with one attached hydrogen (secondary N) is 1. The lowest BCUT2D eigenvalue weighted by molar-refractivity contribution is -0.384. The minimum atomic E-state index is -1.28. The van der Waals surface area contributed by atoms with E-state index in [1.54, 1.807) is 0 Å². The molecular weight excluding hydrogens is 238 g/mol. The average Bonchev–Trinajstić information content (AvgIpc) is 2.87. The Kier molecular flexibility index (Phi) is 4.44. The molecule has 0 aliphatic heterocycles. The van der Waals surface area contributed by atoms with E-state index in [-0.39, 0.29) is 16.9 Å². The van der Waals surface area contributed by atoms with Crippen LogP contribution in [0.2, 0.25) is 0 Å². The summed E-state index contributed by atoms with van der Waals surface area (Å²) in [7, 11) is 0. The first-order chi connectivity index (χ1) is 8.52. The lowest BCUT2D eigenvalue weighted by atomic mass is 10.1. The van der Waals surface area contributed by atoms with Gasteiger partial charge >= 0.3 is 5.97 Å². The number of aromatic carboxylic acids is 1. The van der Waals surface area contributed by atoms with Crippen molar-refractivity contribution in [1.29, 1.82) is 0 Å². The maximum absolute atomic E-state index is 10.5. The number of hydrogen-bond donors (Lipinski definition) is 3. The van der Waals surface area contributed by atoms with Crippen molar-refractivity contribution in [2.45, 2.75) is 0 Å². The molecule has 4 N–H and O–H groups in total. The fourth-order valence-electron chi connectivity index (χ4n) is 1.12. The van der Waals surface area contributed by atoms with Gasteiger partial charge in [0.05, 0.1) is 10.5 Å². The highest BCUT2D eigenvalue weighted by Crippen LogP contribution is 2.19. The normalized spacial score (nSPS) is 9.11. The van der Waals surface area contributed by atoms with Crippen LogP contribution in [-0.2, 0) is 0 Å². The summed E-state index contributed by atoms with van der Waals surface area (Å²) >= 11 is 0. The molecule has 0 aliphatic carbocycles. The first kappa shape index (κ1) is 13.2. The van der Waals surface area contributed by atoms with E-state index in [0.717, 1.165) is 12.1 Å². The van der Waals surface area contributed by atoms with Crippen LogP contribution in [0.1, 0.15) is 10.4 Å². The number of non-ortho nitro benzene ring substituents is 1.